The zero-order valence-electron chi connectivity index (χ0n) is 8.87. The van der Waals surface area contributed by atoms with Gasteiger partial charge >= 0.3 is 0 Å². The van der Waals surface area contributed by atoms with Crippen LogP contribution in [0.5, 0.6) is 0 Å². The summed E-state index contributed by atoms with van der Waals surface area (Å²) < 4.78 is 0. The van der Waals surface area contributed by atoms with Crippen molar-refractivity contribution in [1.29, 1.82) is 0 Å². The lowest BCUT2D eigenvalue weighted by molar-refractivity contribution is 0.335. The van der Waals surface area contributed by atoms with Crippen LogP contribution in [0.2, 0.25) is 0 Å². The molecule has 0 radical (unpaired) electrons. The Morgan fingerprint density at radius 3 is 1.92 bits per heavy atom. The Labute approximate surface area is 81.5 Å². The molecule has 74 valence electrons. The second kappa shape index (κ2) is 2.73. The molecule has 0 aromatic rings. The van der Waals surface area contributed by atoms with Crippen LogP contribution >= 0.6 is 0 Å². The molecule has 1 heterocycles. The molecule has 5 atom stereocenters. The molecule has 1 nitrogen and oxygen atoms in total. The van der Waals surface area contributed by atoms with E-state index in [0.29, 0.717) is 0 Å². The first-order valence-electron chi connectivity index (χ1n) is 5.92. The van der Waals surface area contributed by atoms with Gasteiger partial charge in [-0.2, -0.15) is 0 Å². The molecule has 0 bridgehead atoms. The maximum atomic E-state index is 2.53. The normalized spacial score (nSPS) is 55.4. The summed E-state index contributed by atoms with van der Waals surface area (Å²) in [5.41, 5.74) is 0. The highest BCUT2D eigenvalue weighted by atomic mass is 15.1. The van der Waals surface area contributed by atoms with Crippen molar-refractivity contribution in [3.8, 4) is 0 Å². The van der Waals surface area contributed by atoms with E-state index in [2.05, 4.69) is 18.9 Å². The quantitative estimate of drug-likeness (QED) is 0.596. The molecule has 4 unspecified atom stereocenters. The van der Waals surface area contributed by atoms with Crippen LogP contribution in [-0.4, -0.2) is 25.0 Å². The second-order valence-electron chi connectivity index (χ2n) is 5.85. The monoisotopic (exact) mass is 179 g/mol. The SMILES string of the molecule is CC1CC1C1CC2CN(C)C[C@@H]2C1. The Kier molecular flexibility index (Phi) is 1.74. The highest BCUT2D eigenvalue weighted by Gasteiger charge is 2.47. The van der Waals surface area contributed by atoms with Gasteiger partial charge in [0.1, 0.15) is 0 Å². The Hall–Kier alpha value is -0.0400. The first kappa shape index (κ1) is 8.28. The lowest BCUT2D eigenvalue weighted by Crippen LogP contribution is -2.17. The van der Waals surface area contributed by atoms with E-state index < -0.39 is 0 Å². The zero-order chi connectivity index (χ0) is 9.00. The largest absolute Gasteiger partial charge is 0.306 e. The number of nitrogens with zero attached hydrogens (tertiary/aromatic N) is 1. The van der Waals surface area contributed by atoms with Crippen molar-refractivity contribution in [3.63, 3.8) is 0 Å². The van der Waals surface area contributed by atoms with Crippen LogP contribution in [0.15, 0.2) is 0 Å². The molecule has 0 amide bonds. The second-order valence-corrected chi connectivity index (χ2v) is 5.85. The molecular formula is C12H21N. The summed E-state index contributed by atoms with van der Waals surface area (Å²) in [4.78, 5) is 2.53. The maximum Gasteiger partial charge on any atom is 0.000996 e. The number of rotatable bonds is 1. The van der Waals surface area contributed by atoms with Crippen molar-refractivity contribution in [1.82, 2.24) is 4.90 Å². The molecule has 13 heavy (non-hydrogen) atoms. The molecule has 0 aromatic carbocycles. The molecule has 3 fully saturated rings. The van der Waals surface area contributed by atoms with E-state index in [1.807, 2.05) is 0 Å². The van der Waals surface area contributed by atoms with E-state index >= 15 is 0 Å². The molecular weight excluding hydrogens is 158 g/mol. The molecule has 1 heteroatoms. The van der Waals surface area contributed by atoms with Crippen LogP contribution in [-0.2, 0) is 0 Å². The highest BCUT2D eigenvalue weighted by molar-refractivity contribution is 4.98. The fraction of sp³-hybridized carbons (Fsp3) is 1.00. The summed E-state index contributed by atoms with van der Waals surface area (Å²) in [5.74, 6) is 5.47. The summed E-state index contributed by atoms with van der Waals surface area (Å²) in [7, 11) is 2.28. The molecule has 0 aromatic heterocycles. The standard InChI is InChI=1S/C12H21N/c1-8-3-12(8)9-4-10-6-13(2)7-11(10)5-9/h8-12H,3-7H2,1-2H3/t8?,9?,10-,11?,12?/m0/s1. The average molecular weight is 179 g/mol. The van der Waals surface area contributed by atoms with Gasteiger partial charge in [-0.15, -0.1) is 0 Å². The molecule has 1 aliphatic heterocycles. The van der Waals surface area contributed by atoms with E-state index in [9.17, 15) is 0 Å². The van der Waals surface area contributed by atoms with Gasteiger partial charge in [-0.25, -0.2) is 0 Å². The minimum Gasteiger partial charge on any atom is -0.306 e. The van der Waals surface area contributed by atoms with Crippen molar-refractivity contribution >= 4 is 0 Å². The molecule has 2 saturated carbocycles. The van der Waals surface area contributed by atoms with E-state index in [0.717, 1.165) is 29.6 Å². The summed E-state index contributed by atoms with van der Waals surface area (Å²) in [6, 6.07) is 0. The number of hydrogen-bond acceptors (Lipinski definition) is 1. The van der Waals surface area contributed by atoms with Crippen molar-refractivity contribution in [3.05, 3.63) is 0 Å². The van der Waals surface area contributed by atoms with Crippen LogP contribution in [0.4, 0.5) is 0 Å². The molecule has 2 aliphatic carbocycles. The minimum atomic E-state index is 1.07. The van der Waals surface area contributed by atoms with Gasteiger partial charge in [0.2, 0.25) is 0 Å². The predicted molar refractivity (Wildman–Crippen MR) is 54.5 cm³/mol. The predicted octanol–water partition coefficient (Wildman–Crippen LogP) is 2.23. The van der Waals surface area contributed by atoms with Gasteiger partial charge in [-0.3, -0.25) is 0 Å². The van der Waals surface area contributed by atoms with Crippen LogP contribution in [0, 0.1) is 29.6 Å². The van der Waals surface area contributed by atoms with Gasteiger partial charge in [-0.1, -0.05) is 6.92 Å². The summed E-state index contributed by atoms with van der Waals surface area (Å²) in [6.45, 7) is 5.22. The van der Waals surface area contributed by atoms with Crippen LogP contribution in [0.25, 0.3) is 0 Å². The lowest BCUT2D eigenvalue weighted by Gasteiger charge is -2.13. The van der Waals surface area contributed by atoms with Gasteiger partial charge < -0.3 is 4.90 Å². The third kappa shape index (κ3) is 1.32. The van der Waals surface area contributed by atoms with Gasteiger partial charge in [0.15, 0.2) is 0 Å². The molecule has 0 spiro atoms. The smallest absolute Gasteiger partial charge is 0.000996 e. The molecule has 1 saturated heterocycles. The van der Waals surface area contributed by atoms with Crippen molar-refractivity contribution in [2.45, 2.75) is 26.2 Å². The third-order valence-electron chi connectivity index (χ3n) is 4.75. The Bertz CT molecular complexity index is 199. The highest BCUT2D eigenvalue weighted by Crippen LogP contribution is 2.54. The summed E-state index contributed by atoms with van der Waals surface area (Å²) in [6.07, 6.45) is 4.66. The lowest BCUT2D eigenvalue weighted by atomic mass is 9.99. The van der Waals surface area contributed by atoms with Crippen molar-refractivity contribution < 1.29 is 0 Å². The minimum absolute atomic E-state index is 1.07. The van der Waals surface area contributed by atoms with E-state index in [1.165, 1.54) is 13.1 Å². The summed E-state index contributed by atoms with van der Waals surface area (Å²) in [5, 5.41) is 0. The zero-order valence-corrected chi connectivity index (χ0v) is 8.87. The van der Waals surface area contributed by atoms with E-state index in [1.54, 1.807) is 19.3 Å². The van der Waals surface area contributed by atoms with Gasteiger partial charge in [-0.05, 0) is 55.9 Å². The first-order valence-corrected chi connectivity index (χ1v) is 5.92. The maximum absolute atomic E-state index is 2.53. The Balaban J connectivity index is 1.62. The topological polar surface area (TPSA) is 3.24 Å². The van der Waals surface area contributed by atoms with Crippen LogP contribution < -0.4 is 0 Å². The van der Waals surface area contributed by atoms with Gasteiger partial charge in [0.25, 0.3) is 0 Å². The van der Waals surface area contributed by atoms with E-state index in [-0.39, 0.29) is 0 Å². The molecule has 3 aliphatic rings. The number of likely N-dealkylation sites (tertiary alicyclic amines) is 1. The van der Waals surface area contributed by atoms with Gasteiger partial charge in [0, 0.05) is 13.1 Å². The number of fused-ring (bicyclic) bond motifs is 1. The number of hydrogen-bond donors (Lipinski definition) is 0. The van der Waals surface area contributed by atoms with Crippen molar-refractivity contribution in [2.24, 2.45) is 29.6 Å². The average Bonchev–Trinajstić information content (AvgIpc) is 2.50. The molecule has 0 N–H and O–H groups in total. The third-order valence-corrected chi connectivity index (χ3v) is 4.75. The van der Waals surface area contributed by atoms with Crippen LogP contribution in [0.1, 0.15) is 26.2 Å². The van der Waals surface area contributed by atoms with Gasteiger partial charge in [0.05, 0.1) is 0 Å². The van der Waals surface area contributed by atoms with E-state index in [4.69, 9.17) is 0 Å². The molecule has 3 rings (SSSR count). The fourth-order valence-electron chi connectivity index (χ4n) is 3.94. The fourth-order valence-corrected chi connectivity index (χ4v) is 3.94. The first-order chi connectivity index (χ1) is 6.24. The van der Waals surface area contributed by atoms with Crippen LogP contribution in [0.3, 0.4) is 0 Å². The van der Waals surface area contributed by atoms with Crippen molar-refractivity contribution in [2.75, 3.05) is 20.1 Å². The Morgan fingerprint density at radius 1 is 0.923 bits per heavy atom. The Morgan fingerprint density at radius 2 is 1.46 bits per heavy atom. The summed E-state index contributed by atoms with van der Waals surface area (Å²) >= 11 is 0.